The van der Waals surface area contributed by atoms with E-state index in [1.165, 1.54) is 11.9 Å². The zero-order chi connectivity index (χ0) is 11.7. The molecule has 1 aliphatic rings. The molecule has 0 saturated carbocycles. The second kappa shape index (κ2) is 3.96. The number of nitrogens with one attached hydrogen (secondary N) is 1. The molecule has 2 rings (SSSR count). The van der Waals surface area contributed by atoms with Crippen molar-refractivity contribution >= 4 is 17.8 Å². The minimum atomic E-state index is -0.358. The molecule has 16 heavy (non-hydrogen) atoms. The highest BCUT2D eigenvalue weighted by molar-refractivity contribution is 6.01. The number of likely N-dealkylation sites (N-methyl/N-ethyl adjacent to an activating group) is 1. The second-order valence-corrected chi connectivity index (χ2v) is 3.89. The Hall–Kier alpha value is -1.85. The van der Waals surface area contributed by atoms with Crippen LogP contribution in [0.4, 0.5) is 5.95 Å². The van der Waals surface area contributed by atoms with E-state index in [0.29, 0.717) is 18.8 Å². The molecule has 0 aromatic carbocycles. The van der Waals surface area contributed by atoms with Gasteiger partial charge in [0.25, 0.3) is 5.91 Å². The predicted molar refractivity (Wildman–Crippen MR) is 57.6 cm³/mol. The van der Waals surface area contributed by atoms with Crippen LogP contribution in [0.5, 0.6) is 0 Å². The van der Waals surface area contributed by atoms with Gasteiger partial charge >= 0.3 is 0 Å². The number of imidazole rings is 1. The lowest BCUT2D eigenvalue weighted by molar-refractivity contribution is -0.146. The molecule has 1 aromatic heterocycles. The number of aromatic nitrogens is 2. The van der Waals surface area contributed by atoms with E-state index in [1.807, 2.05) is 7.05 Å². The quantitative estimate of drug-likeness (QED) is 0.714. The van der Waals surface area contributed by atoms with Crippen LogP contribution >= 0.6 is 0 Å². The molecule has 6 nitrogen and oxygen atoms in total. The average Bonchev–Trinajstić information content (AvgIpc) is 2.65. The molecule has 1 atom stereocenters. The van der Waals surface area contributed by atoms with Crippen LogP contribution in [0.1, 0.15) is 12.8 Å². The Labute approximate surface area is 93.3 Å². The predicted octanol–water partition coefficient (Wildman–Crippen LogP) is -0.0206. The number of amides is 2. The Balaban J connectivity index is 2.09. The number of nitrogens with zero attached hydrogens (tertiary/aromatic N) is 3. The first kappa shape index (κ1) is 10.7. The molecule has 2 heterocycles. The largest absolute Gasteiger partial charge is 0.344 e. The lowest BCUT2D eigenvalue weighted by atomic mass is 10.1. The number of hydrogen-bond acceptors (Lipinski definition) is 4. The number of likely N-dealkylation sites (tertiary alicyclic amines) is 1. The van der Waals surface area contributed by atoms with E-state index >= 15 is 0 Å². The van der Waals surface area contributed by atoms with Crippen LogP contribution in [-0.2, 0) is 16.6 Å². The number of imide groups is 1. The molecule has 0 spiro atoms. The number of rotatable bonds is 2. The van der Waals surface area contributed by atoms with Crippen LogP contribution < -0.4 is 5.32 Å². The topological polar surface area (TPSA) is 67.2 Å². The summed E-state index contributed by atoms with van der Waals surface area (Å²) < 4.78 is 1.80. The highest BCUT2D eigenvalue weighted by Crippen LogP contribution is 2.15. The molecule has 1 saturated heterocycles. The Kier molecular flexibility index (Phi) is 2.64. The van der Waals surface area contributed by atoms with Crippen LogP contribution in [0, 0.1) is 0 Å². The van der Waals surface area contributed by atoms with Gasteiger partial charge in [0, 0.05) is 32.9 Å². The second-order valence-electron chi connectivity index (χ2n) is 3.89. The molecular weight excluding hydrogens is 208 g/mol. The lowest BCUT2D eigenvalue weighted by Gasteiger charge is -2.28. The van der Waals surface area contributed by atoms with Crippen LogP contribution in [-0.4, -0.2) is 39.4 Å². The van der Waals surface area contributed by atoms with Gasteiger partial charge in [0.15, 0.2) is 0 Å². The van der Waals surface area contributed by atoms with Gasteiger partial charge in [-0.05, 0) is 6.42 Å². The van der Waals surface area contributed by atoms with Gasteiger partial charge in [-0.2, -0.15) is 0 Å². The van der Waals surface area contributed by atoms with E-state index in [2.05, 4.69) is 10.3 Å². The zero-order valence-corrected chi connectivity index (χ0v) is 9.30. The smallest absolute Gasteiger partial charge is 0.251 e. The van der Waals surface area contributed by atoms with Crippen molar-refractivity contribution in [1.29, 1.82) is 0 Å². The van der Waals surface area contributed by atoms with Crippen LogP contribution in [0.15, 0.2) is 12.4 Å². The van der Waals surface area contributed by atoms with E-state index in [1.54, 1.807) is 17.0 Å². The molecule has 0 aliphatic carbocycles. The van der Waals surface area contributed by atoms with Gasteiger partial charge in [0.2, 0.25) is 11.9 Å². The molecule has 1 unspecified atom stereocenters. The fraction of sp³-hybridized carbons (Fsp3) is 0.500. The summed E-state index contributed by atoms with van der Waals surface area (Å²) in [6.45, 7) is 0. The molecule has 1 fully saturated rings. The molecule has 1 aromatic rings. The van der Waals surface area contributed by atoms with Gasteiger partial charge in [-0.3, -0.25) is 14.5 Å². The highest BCUT2D eigenvalue weighted by Gasteiger charge is 2.32. The molecule has 2 amide bonds. The van der Waals surface area contributed by atoms with Crippen molar-refractivity contribution in [2.75, 3.05) is 12.4 Å². The normalized spacial score (nSPS) is 21.4. The van der Waals surface area contributed by atoms with Gasteiger partial charge in [0.05, 0.1) is 0 Å². The Morgan fingerprint density at radius 3 is 2.81 bits per heavy atom. The summed E-state index contributed by atoms with van der Waals surface area (Å²) >= 11 is 0. The summed E-state index contributed by atoms with van der Waals surface area (Å²) in [7, 11) is 3.36. The zero-order valence-electron chi connectivity index (χ0n) is 9.30. The molecule has 0 bridgehead atoms. The SMILES string of the molecule is CN1C(=O)CCC(Nc2nccn2C)C1=O. The van der Waals surface area contributed by atoms with Crippen molar-refractivity contribution in [3.63, 3.8) is 0 Å². The average molecular weight is 222 g/mol. The van der Waals surface area contributed by atoms with Crippen LogP contribution in [0.25, 0.3) is 0 Å². The summed E-state index contributed by atoms with van der Waals surface area (Å²) in [5, 5.41) is 3.04. The maximum atomic E-state index is 11.8. The minimum Gasteiger partial charge on any atom is -0.344 e. The number of carbonyl (C=O) groups is 2. The standard InChI is InChI=1S/C10H14N4O2/c1-13-6-5-11-10(13)12-7-3-4-8(15)14(2)9(7)16/h5-7H,3-4H2,1-2H3,(H,11,12). The van der Waals surface area contributed by atoms with Crippen molar-refractivity contribution in [2.24, 2.45) is 7.05 Å². The van der Waals surface area contributed by atoms with Crippen molar-refractivity contribution in [3.8, 4) is 0 Å². The van der Waals surface area contributed by atoms with Crippen molar-refractivity contribution in [1.82, 2.24) is 14.5 Å². The first-order valence-corrected chi connectivity index (χ1v) is 5.14. The van der Waals surface area contributed by atoms with Gasteiger partial charge in [-0.15, -0.1) is 0 Å². The minimum absolute atomic E-state index is 0.122. The molecule has 1 N–H and O–H groups in total. The monoisotopic (exact) mass is 222 g/mol. The Morgan fingerprint density at radius 1 is 1.44 bits per heavy atom. The number of aryl methyl sites for hydroxylation is 1. The van der Waals surface area contributed by atoms with E-state index < -0.39 is 0 Å². The summed E-state index contributed by atoms with van der Waals surface area (Å²) in [5.74, 6) is 0.322. The Bertz CT molecular complexity index is 426. The van der Waals surface area contributed by atoms with Crippen molar-refractivity contribution in [2.45, 2.75) is 18.9 Å². The number of piperidine rings is 1. The first-order valence-electron chi connectivity index (χ1n) is 5.14. The third-order valence-electron chi connectivity index (χ3n) is 2.77. The maximum absolute atomic E-state index is 11.8. The molecular formula is C10H14N4O2. The number of carbonyl (C=O) groups excluding carboxylic acids is 2. The molecule has 1 aliphatic heterocycles. The first-order chi connectivity index (χ1) is 7.59. The van der Waals surface area contributed by atoms with Crippen LogP contribution in [0.2, 0.25) is 0 Å². The van der Waals surface area contributed by atoms with E-state index in [0.717, 1.165) is 0 Å². The molecule has 0 radical (unpaired) electrons. The van der Waals surface area contributed by atoms with Gasteiger partial charge < -0.3 is 9.88 Å². The van der Waals surface area contributed by atoms with E-state index in [4.69, 9.17) is 0 Å². The summed E-state index contributed by atoms with van der Waals surface area (Å²) in [5.41, 5.74) is 0. The van der Waals surface area contributed by atoms with Crippen molar-refractivity contribution in [3.05, 3.63) is 12.4 Å². The van der Waals surface area contributed by atoms with Crippen molar-refractivity contribution < 1.29 is 9.59 Å². The number of hydrogen-bond donors (Lipinski definition) is 1. The highest BCUT2D eigenvalue weighted by atomic mass is 16.2. The number of anilines is 1. The van der Waals surface area contributed by atoms with Crippen LogP contribution in [0.3, 0.4) is 0 Å². The summed E-state index contributed by atoms with van der Waals surface area (Å²) in [6, 6.07) is -0.358. The molecule has 6 heteroatoms. The van der Waals surface area contributed by atoms with Gasteiger partial charge in [0.1, 0.15) is 6.04 Å². The fourth-order valence-corrected chi connectivity index (χ4v) is 1.71. The van der Waals surface area contributed by atoms with E-state index in [9.17, 15) is 9.59 Å². The summed E-state index contributed by atoms with van der Waals surface area (Å²) in [6.07, 6.45) is 4.37. The Morgan fingerprint density at radius 2 is 2.19 bits per heavy atom. The van der Waals surface area contributed by atoms with Gasteiger partial charge in [-0.25, -0.2) is 4.98 Å². The summed E-state index contributed by atoms with van der Waals surface area (Å²) in [4.78, 5) is 28.3. The van der Waals surface area contributed by atoms with Gasteiger partial charge in [-0.1, -0.05) is 0 Å². The molecule has 86 valence electrons. The maximum Gasteiger partial charge on any atom is 0.251 e. The third-order valence-corrected chi connectivity index (χ3v) is 2.77. The lowest BCUT2D eigenvalue weighted by Crippen LogP contribution is -2.48. The third kappa shape index (κ3) is 1.78. The fourth-order valence-electron chi connectivity index (χ4n) is 1.71. The van der Waals surface area contributed by atoms with E-state index in [-0.39, 0.29) is 17.9 Å².